The minimum atomic E-state index is 0.554. The first-order valence-electron chi connectivity index (χ1n) is 6.11. The molecular formula is C14H19N3S. The molecule has 2 N–H and O–H groups in total. The Morgan fingerprint density at radius 2 is 2.17 bits per heavy atom. The van der Waals surface area contributed by atoms with E-state index in [-0.39, 0.29) is 0 Å². The van der Waals surface area contributed by atoms with Gasteiger partial charge in [0.05, 0.1) is 0 Å². The van der Waals surface area contributed by atoms with Gasteiger partial charge in [0.1, 0.15) is 5.82 Å². The van der Waals surface area contributed by atoms with Gasteiger partial charge in [0.2, 0.25) is 0 Å². The minimum Gasteiger partial charge on any atom is -0.359 e. The van der Waals surface area contributed by atoms with E-state index in [1.807, 2.05) is 13.0 Å². The van der Waals surface area contributed by atoms with Gasteiger partial charge in [-0.05, 0) is 36.4 Å². The Morgan fingerprint density at radius 1 is 1.33 bits per heavy atom. The SMILES string of the molecule is Cc1nc(N(C)CCc2cccs2)ccc1CN. The number of aromatic nitrogens is 1. The van der Waals surface area contributed by atoms with Crippen molar-refractivity contribution in [1.82, 2.24) is 4.98 Å². The molecule has 2 rings (SSSR count). The van der Waals surface area contributed by atoms with Gasteiger partial charge in [-0.15, -0.1) is 11.3 Å². The lowest BCUT2D eigenvalue weighted by Gasteiger charge is -2.18. The molecule has 2 aromatic rings. The number of nitrogens with two attached hydrogens (primary N) is 1. The standard InChI is InChI=1S/C14H19N3S/c1-11-12(10-15)5-6-14(16-11)17(2)8-7-13-4-3-9-18-13/h3-6,9H,7-8,10,15H2,1-2H3. The number of nitrogens with zero attached hydrogens (tertiary/aromatic N) is 2. The summed E-state index contributed by atoms with van der Waals surface area (Å²) in [6.45, 7) is 3.55. The van der Waals surface area contributed by atoms with Crippen molar-refractivity contribution in [2.75, 3.05) is 18.5 Å². The molecule has 0 aliphatic rings. The van der Waals surface area contributed by atoms with E-state index in [4.69, 9.17) is 5.73 Å². The number of hydrogen-bond acceptors (Lipinski definition) is 4. The summed E-state index contributed by atoms with van der Waals surface area (Å²) in [5.41, 5.74) is 7.79. The first kappa shape index (κ1) is 13.1. The largest absolute Gasteiger partial charge is 0.359 e. The van der Waals surface area contributed by atoms with Crippen LogP contribution in [0.2, 0.25) is 0 Å². The summed E-state index contributed by atoms with van der Waals surface area (Å²) in [6, 6.07) is 8.38. The molecule has 0 spiro atoms. The van der Waals surface area contributed by atoms with Crippen molar-refractivity contribution < 1.29 is 0 Å². The van der Waals surface area contributed by atoms with Crippen LogP contribution in [0.15, 0.2) is 29.6 Å². The molecule has 18 heavy (non-hydrogen) atoms. The molecule has 0 aliphatic heterocycles. The van der Waals surface area contributed by atoms with Crippen LogP contribution in [0.1, 0.15) is 16.1 Å². The van der Waals surface area contributed by atoms with Crippen molar-refractivity contribution in [2.45, 2.75) is 19.9 Å². The zero-order chi connectivity index (χ0) is 13.0. The second kappa shape index (κ2) is 5.98. The van der Waals surface area contributed by atoms with Gasteiger partial charge in [0.25, 0.3) is 0 Å². The molecule has 0 amide bonds. The molecule has 0 saturated heterocycles. The zero-order valence-electron chi connectivity index (χ0n) is 10.9. The van der Waals surface area contributed by atoms with Crippen LogP contribution >= 0.6 is 11.3 Å². The van der Waals surface area contributed by atoms with E-state index in [1.54, 1.807) is 11.3 Å². The summed E-state index contributed by atoms with van der Waals surface area (Å²) >= 11 is 1.81. The number of rotatable bonds is 5. The molecule has 0 atom stereocenters. The third kappa shape index (κ3) is 3.09. The minimum absolute atomic E-state index is 0.554. The molecule has 0 aromatic carbocycles. The van der Waals surface area contributed by atoms with Crippen molar-refractivity contribution in [2.24, 2.45) is 5.73 Å². The van der Waals surface area contributed by atoms with E-state index >= 15 is 0 Å². The van der Waals surface area contributed by atoms with Crippen LogP contribution in [-0.2, 0) is 13.0 Å². The fourth-order valence-electron chi connectivity index (χ4n) is 1.85. The third-order valence-corrected chi connectivity index (χ3v) is 4.00. The number of pyridine rings is 1. The van der Waals surface area contributed by atoms with E-state index in [2.05, 4.69) is 40.5 Å². The summed E-state index contributed by atoms with van der Waals surface area (Å²) < 4.78 is 0. The van der Waals surface area contributed by atoms with Crippen molar-refractivity contribution in [3.05, 3.63) is 45.8 Å². The highest BCUT2D eigenvalue weighted by atomic mass is 32.1. The summed E-state index contributed by atoms with van der Waals surface area (Å²) in [5.74, 6) is 1.02. The van der Waals surface area contributed by atoms with Gasteiger partial charge in [-0.25, -0.2) is 4.98 Å². The van der Waals surface area contributed by atoms with E-state index in [9.17, 15) is 0 Å². The lowest BCUT2D eigenvalue weighted by Crippen LogP contribution is -2.21. The summed E-state index contributed by atoms with van der Waals surface area (Å²) in [4.78, 5) is 8.19. The van der Waals surface area contributed by atoms with Crippen LogP contribution in [0, 0.1) is 6.92 Å². The summed E-state index contributed by atoms with van der Waals surface area (Å²) in [5, 5.41) is 2.12. The van der Waals surface area contributed by atoms with Crippen LogP contribution in [0.25, 0.3) is 0 Å². The number of anilines is 1. The Balaban J connectivity index is 2.00. The molecule has 0 fully saturated rings. The quantitative estimate of drug-likeness (QED) is 0.899. The van der Waals surface area contributed by atoms with Gasteiger partial charge in [0.15, 0.2) is 0 Å². The fraction of sp³-hybridized carbons (Fsp3) is 0.357. The molecule has 0 unspecified atom stereocenters. The molecule has 2 aromatic heterocycles. The van der Waals surface area contributed by atoms with Gasteiger partial charge in [-0.1, -0.05) is 12.1 Å². The van der Waals surface area contributed by atoms with Crippen LogP contribution in [0.4, 0.5) is 5.82 Å². The van der Waals surface area contributed by atoms with Crippen molar-refractivity contribution in [3.63, 3.8) is 0 Å². The maximum absolute atomic E-state index is 5.65. The van der Waals surface area contributed by atoms with Crippen LogP contribution in [0.3, 0.4) is 0 Å². The maximum Gasteiger partial charge on any atom is 0.128 e. The van der Waals surface area contributed by atoms with E-state index in [0.29, 0.717) is 6.54 Å². The second-order valence-electron chi connectivity index (χ2n) is 4.37. The molecule has 0 aliphatic carbocycles. The first-order valence-corrected chi connectivity index (χ1v) is 6.99. The van der Waals surface area contributed by atoms with E-state index in [0.717, 1.165) is 30.0 Å². The van der Waals surface area contributed by atoms with Gasteiger partial charge in [-0.2, -0.15) is 0 Å². The predicted octanol–water partition coefficient (Wildman–Crippen LogP) is 2.59. The average molecular weight is 261 g/mol. The molecule has 0 bridgehead atoms. The first-order chi connectivity index (χ1) is 8.70. The maximum atomic E-state index is 5.65. The number of likely N-dealkylation sites (N-methyl/N-ethyl adjacent to an activating group) is 1. The molecule has 96 valence electrons. The molecule has 2 heterocycles. The Labute approximate surface area is 112 Å². The van der Waals surface area contributed by atoms with Gasteiger partial charge in [0, 0.05) is 30.7 Å². The van der Waals surface area contributed by atoms with Crippen molar-refractivity contribution in [3.8, 4) is 0 Å². The molecule has 4 heteroatoms. The van der Waals surface area contributed by atoms with Gasteiger partial charge in [-0.3, -0.25) is 0 Å². The molecule has 3 nitrogen and oxygen atoms in total. The highest BCUT2D eigenvalue weighted by Crippen LogP contribution is 2.15. The van der Waals surface area contributed by atoms with E-state index in [1.165, 1.54) is 4.88 Å². The number of hydrogen-bond donors (Lipinski definition) is 1. The molecular weight excluding hydrogens is 242 g/mol. The Kier molecular flexibility index (Phi) is 4.33. The van der Waals surface area contributed by atoms with Crippen LogP contribution < -0.4 is 10.6 Å². The Hall–Kier alpha value is -1.39. The Morgan fingerprint density at radius 3 is 2.78 bits per heavy atom. The van der Waals surface area contributed by atoms with Crippen molar-refractivity contribution >= 4 is 17.2 Å². The lowest BCUT2D eigenvalue weighted by atomic mass is 10.2. The lowest BCUT2D eigenvalue weighted by molar-refractivity contribution is 0.860. The van der Waals surface area contributed by atoms with E-state index < -0.39 is 0 Å². The summed E-state index contributed by atoms with van der Waals surface area (Å²) in [6.07, 6.45) is 1.06. The average Bonchev–Trinajstić information content (AvgIpc) is 2.89. The van der Waals surface area contributed by atoms with Gasteiger partial charge < -0.3 is 10.6 Å². The Bertz CT molecular complexity index is 494. The van der Waals surface area contributed by atoms with Crippen molar-refractivity contribution in [1.29, 1.82) is 0 Å². The predicted molar refractivity (Wildman–Crippen MR) is 78.2 cm³/mol. The number of thiophene rings is 1. The second-order valence-corrected chi connectivity index (χ2v) is 5.40. The number of aryl methyl sites for hydroxylation is 1. The smallest absolute Gasteiger partial charge is 0.128 e. The molecule has 0 saturated carbocycles. The normalized spacial score (nSPS) is 10.6. The zero-order valence-corrected chi connectivity index (χ0v) is 11.7. The third-order valence-electron chi connectivity index (χ3n) is 3.07. The monoisotopic (exact) mass is 261 g/mol. The van der Waals surface area contributed by atoms with Gasteiger partial charge >= 0.3 is 0 Å². The topological polar surface area (TPSA) is 42.2 Å². The highest BCUT2D eigenvalue weighted by molar-refractivity contribution is 7.09. The summed E-state index contributed by atoms with van der Waals surface area (Å²) in [7, 11) is 2.08. The fourth-order valence-corrected chi connectivity index (χ4v) is 2.55. The van der Waals surface area contributed by atoms with Crippen LogP contribution in [-0.4, -0.2) is 18.6 Å². The van der Waals surface area contributed by atoms with Crippen LogP contribution in [0.5, 0.6) is 0 Å². The highest BCUT2D eigenvalue weighted by Gasteiger charge is 2.05. The molecule has 0 radical (unpaired) electrons.